The fourth-order valence-corrected chi connectivity index (χ4v) is 6.77. The van der Waals surface area contributed by atoms with Gasteiger partial charge >= 0.3 is 42.7 Å². The zero-order chi connectivity index (χ0) is 54.5. The van der Waals surface area contributed by atoms with Gasteiger partial charge in [-0.05, 0) is 51.0 Å². The van der Waals surface area contributed by atoms with Gasteiger partial charge < -0.3 is 49.2 Å². The van der Waals surface area contributed by atoms with Gasteiger partial charge in [0.2, 0.25) is 6.10 Å². The zero-order valence-electron chi connectivity index (χ0n) is 38.8. The Morgan fingerprint density at radius 3 is 1.26 bits per heavy atom. The van der Waals surface area contributed by atoms with Gasteiger partial charge in [0.25, 0.3) is 6.10 Å². The van der Waals surface area contributed by atoms with Crippen molar-refractivity contribution >= 4 is 18.0 Å². The highest BCUT2D eigenvalue weighted by Crippen LogP contribution is 2.40. The molecule has 4 saturated heterocycles. The van der Waals surface area contributed by atoms with Crippen LogP contribution in [0.1, 0.15) is 49.9 Å². The van der Waals surface area contributed by atoms with Crippen LogP contribution in [0.25, 0.3) is 0 Å². The average molecular weight is 1070 g/mol. The molecule has 6 rings (SSSR count). The minimum atomic E-state index is -5.81. The van der Waals surface area contributed by atoms with Crippen LogP contribution in [-0.2, 0) is 48.2 Å². The number of nitrogens with zero attached hydrogens (tertiary/aromatic N) is 3. The van der Waals surface area contributed by atoms with Crippen LogP contribution in [0.2, 0.25) is 0 Å². The molecule has 0 spiro atoms. The van der Waals surface area contributed by atoms with Gasteiger partial charge in [0.15, 0.2) is 22.5 Å². The molecule has 29 heteroatoms. The highest BCUT2D eigenvalue weighted by molar-refractivity contribution is 5.77. The van der Waals surface area contributed by atoms with Crippen molar-refractivity contribution in [3.05, 3.63) is 58.7 Å². The number of halogens is 14. The molecule has 4 N–H and O–H groups in total. The van der Waals surface area contributed by atoms with E-state index < -0.39 is 77.5 Å². The third-order valence-electron chi connectivity index (χ3n) is 11.3. The Morgan fingerprint density at radius 1 is 0.611 bits per heavy atom. The summed E-state index contributed by atoms with van der Waals surface area (Å²) < 4.78 is 197. The molecule has 4 aliphatic rings. The first-order valence-electron chi connectivity index (χ1n) is 21.6. The van der Waals surface area contributed by atoms with Crippen LogP contribution in [0.15, 0.2) is 36.4 Å². The van der Waals surface area contributed by atoms with Crippen LogP contribution in [-0.4, -0.2) is 175 Å². The van der Waals surface area contributed by atoms with Crippen molar-refractivity contribution in [1.82, 2.24) is 20.0 Å². The van der Waals surface area contributed by atoms with Crippen molar-refractivity contribution in [2.24, 2.45) is 0 Å². The predicted octanol–water partition coefficient (Wildman–Crippen LogP) is 6.87. The first-order valence-corrected chi connectivity index (χ1v) is 21.6. The van der Waals surface area contributed by atoms with Gasteiger partial charge in [-0.15, -0.1) is 0 Å². The Labute approximate surface area is 401 Å². The topological polar surface area (TPSA) is 180 Å². The van der Waals surface area contributed by atoms with E-state index in [1.54, 1.807) is 23.1 Å². The molecule has 0 aromatic heterocycles. The van der Waals surface area contributed by atoms with E-state index in [1.165, 1.54) is 39.8 Å². The number of carbonyl (C=O) groups is 3. The second-order valence-corrected chi connectivity index (χ2v) is 18.0. The molecule has 0 aliphatic carbocycles. The maximum absolute atomic E-state index is 14.9. The zero-order valence-corrected chi connectivity index (χ0v) is 38.8. The van der Waals surface area contributed by atoms with E-state index in [0.29, 0.717) is 23.4 Å². The number of aliphatic hydroxyl groups is 1. The number of carbonyl (C=O) groups excluding carboxylic acids is 1. The van der Waals surface area contributed by atoms with Crippen LogP contribution in [0, 0.1) is 0 Å². The molecular weight excluding hydrogens is 1010 g/mol. The molecule has 15 nitrogen and oxygen atoms in total. The number of hydrogen-bond donors (Lipinski definition) is 4. The Bertz CT molecular complexity index is 2140. The number of hydrogen-bond acceptors (Lipinski definition) is 12. The molecule has 72 heavy (non-hydrogen) atoms. The second kappa shape index (κ2) is 22.7. The SMILES string of the molecule is CC(C)(Oc1cc(C2(F)COC2)ccc1CN1CCN(C(=O)OC(C(F)(F)F)C(F)(F)F)CC1)C(=O)O.CC(C)(Oc1cc(C2(F)COC2)ccc1CN1CCNCC1)C(=O)O.OC(C(F)(F)F)C(F)(F)F. The van der Waals surface area contributed by atoms with Crippen molar-refractivity contribution in [3.8, 4) is 11.5 Å². The summed E-state index contributed by atoms with van der Waals surface area (Å²) >= 11 is 0. The van der Waals surface area contributed by atoms with Crippen molar-refractivity contribution in [2.45, 2.75) is 100 Å². The third kappa shape index (κ3) is 16.0. The van der Waals surface area contributed by atoms with Crippen LogP contribution in [0.3, 0.4) is 0 Å². The molecule has 4 aliphatic heterocycles. The van der Waals surface area contributed by atoms with Gasteiger partial charge in [0, 0.05) is 76.6 Å². The van der Waals surface area contributed by atoms with Gasteiger partial charge in [0.05, 0.1) is 26.4 Å². The Hall–Kier alpha value is -4.97. The number of carboxylic acid groups (broad SMARTS) is 2. The van der Waals surface area contributed by atoms with Crippen molar-refractivity contribution in [1.29, 1.82) is 0 Å². The number of piperazine rings is 2. The molecule has 0 radical (unpaired) electrons. The molecular formula is C43H52F14N4O11. The van der Waals surface area contributed by atoms with Gasteiger partial charge in [-0.3, -0.25) is 9.80 Å². The number of rotatable bonds is 13. The standard InChI is InChI=1S/C22H25F7N2O6.C18H25FN2O4.C3H2F6O/c1-19(2,17(32)33)37-15-9-14(20(23)11-35-12-20)4-3-13(15)10-30-5-7-31(8-6-30)18(34)36-16(21(24,25)26)22(27,28)29;1-17(2,16(22)23)25-15-9-14(18(19)11-24-12-18)4-3-13(15)10-21-7-5-20-6-8-21;4-2(5,6)1(10)3(7,8)9/h3-4,9,16H,5-8,10-12H2,1-2H3,(H,32,33);3-4,9,20H,5-8,10-12H2,1-2H3,(H,22,23);1,10H. The van der Waals surface area contributed by atoms with Crippen LogP contribution >= 0.6 is 0 Å². The van der Waals surface area contributed by atoms with Crippen molar-refractivity contribution < 1.29 is 115 Å². The number of alkyl halides is 14. The van der Waals surface area contributed by atoms with E-state index in [9.17, 15) is 86.1 Å². The summed E-state index contributed by atoms with van der Waals surface area (Å²) in [4.78, 5) is 39.7. The normalized spacial score (nSPS) is 18.9. The van der Waals surface area contributed by atoms with E-state index in [-0.39, 0.29) is 70.5 Å². The number of ether oxygens (including phenoxy) is 5. The summed E-state index contributed by atoms with van der Waals surface area (Å²) in [6.45, 7) is 9.39. The van der Waals surface area contributed by atoms with Gasteiger partial charge in [-0.2, -0.15) is 52.7 Å². The molecule has 0 saturated carbocycles. The fraction of sp³-hybridized carbons (Fsp3) is 0.651. The predicted molar refractivity (Wildman–Crippen MR) is 220 cm³/mol. The van der Waals surface area contributed by atoms with E-state index in [1.807, 2.05) is 6.07 Å². The first kappa shape index (κ1) is 59.6. The van der Waals surface area contributed by atoms with Crippen LogP contribution in [0.5, 0.6) is 11.5 Å². The Kier molecular flexibility index (Phi) is 18.7. The lowest BCUT2D eigenvalue weighted by Gasteiger charge is -2.36. The van der Waals surface area contributed by atoms with E-state index in [0.717, 1.165) is 36.6 Å². The van der Waals surface area contributed by atoms with Gasteiger partial charge in [-0.1, -0.05) is 24.3 Å². The number of nitrogens with one attached hydrogen (secondary N) is 1. The molecule has 0 bridgehead atoms. The number of carboxylic acids is 2. The summed E-state index contributed by atoms with van der Waals surface area (Å²) in [5.74, 6) is -1.82. The monoisotopic (exact) mass is 1070 g/mol. The maximum atomic E-state index is 14.9. The Morgan fingerprint density at radius 2 is 0.972 bits per heavy atom. The minimum Gasteiger partial charge on any atom is -0.478 e. The van der Waals surface area contributed by atoms with Crippen LogP contribution < -0.4 is 14.8 Å². The second-order valence-electron chi connectivity index (χ2n) is 18.0. The molecule has 4 heterocycles. The molecule has 408 valence electrons. The molecule has 1 amide bonds. The number of amides is 1. The van der Waals surface area contributed by atoms with Crippen LogP contribution in [0.4, 0.5) is 66.3 Å². The lowest BCUT2D eigenvalue weighted by atomic mass is 9.92. The lowest BCUT2D eigenvalue weighted by Crippen LogP contribution is -2.52. The van der Waals surface area contributed by atoms with E-state index >= 15 is 0 Å². The number of benzene rings is 2. The highest BCUT2D eigenvalue weighted by atomic mass is 19.4. The van der Waals surface area contributed by atoms with E-state index in [2.05, 4.69) is 15.0 Å². The smallest absolute Gasteiger partial charge is 0.434 e. The summed E-state index contributed by atoms with van der Waals surface area (Å²) in [5, 5.41) is 29.6. The first-order chi connectivity index (χ1) is 32.9. The lowest BCUT2D eigenvalue weighted by molar-refractivity contribution is -0.309. The van der Waals surface area contributed by atoms with Gasteiger partial charge in [-0.25, -0.2) is 23.2 Å². The molecule has 0 unspecified atom stereocenters. The fourth-order valence-electron chi connectivity index (χ4n) is 6.77. The summed E-state index contributed by atoms with van der Waals surface area (Å²) in [6, 6.07) is 9.64. The van der Waals surface area contributed by atoms with Crippen molar-refractivity contribution in [2.75, 3.05) is 78.8 Å². The molecule has 2 aromatic carbocycles. The maximum Gasteiger partial charge on any atom is 0.434 e. The minimum absolute atomic E-state index is 0.0197. The van der Waals surface area contributed by atoms with Gasteiger partial charge in [0.1, 0.15) is 11.5 Å². The third-order valence-corrected chi connectivity index (χ3v) is 11.3. The molecule has 0 atom stereocenters. The van der Waals surface area contributed by atoms with E-state index in [4.69, 9.17) is 24.1 Å². The number of aliphatic hydroxyl groups excluding tert-OH is 1. The Balaban J connectivity index is 0.000000275. The quantitative estimate of drug-likeness (QED) is 0.153. The van der Waals surface area contributed by atoms with Crippen molar-refractivity contribution in [3.63, 3.8) is 0 Å². The summed E-state index contributed by atoms with van der Waals surface area (Å²) in [7, 11) is 0. The number of aliphatic carboxylic acids is 2. The molecule has 4 fully saturated rings. The summed E-state index contributed by atoms with van der Waals surface area (Å²) in [5.41, 5.74) is -4.29. The highest BCUT2D eigenvalue weighted by Gasteiger charge is 2.60. The summed E-state index contributed by atoms with van der Waals surface area (Å²) in [6.07, 6.45) is -33.1. The molecule has 2 aromatic rings. The average Bonchev–Trinajstić information content (AvgIpc) is 3.24. The largest absolute Gasteiger partial charge is 0.478 e.